The lowest BCUT2D eigenvalue weighted by Gasteiger charge is -2.47. The summed E-state index contributed by atoms with van der Waals surface area (Å²) in [4.78, 5) is 0. The lowest BCUT2D eigenvalue weighted by Crippen LogP contribution is -2.51. The van der Waals surface area contributed by atoms with Gasteiger partial charge < -0.3 is 10.5 Å². The van der Waals surface area contributed by atoms with Crippen molar-refractivity contribution in [2.75, 3.05) is 5.75 Å². The van der Waals surface area contributed by atoms with Crippen LogP contribution in [0.15, 0.2) is 18.2 Å². The summed E-state index contributed by atoms with van der Waals surface area (Å²) < 4.78 is 6.40. The molecule has 2 unspecified atom stereocenters. The minimum atomic E-state index is -0.0371. The maximum atomic E-state index is 6.40. The standard InChI is InChI=1S/C15H21NOS/c1-10-4-5-14-12(8-10)13(16)9-15(17-14)6-3-7-18-11(15)2/h4-5,8,11,13H,3,6-7,9,16H2,1-2H3/t11?,13-,15?/m1/s1. The van der Waals surface area contributed by atoms with Gasteiger partial charge in [0.1, 0.15) is 11.4 Å². The van der Waals surface area contributed by atoms with Crippen LogP contribution in [0.5, 0.6) is 5.75 Å². The lowest BCUT2D eigenvalue weighted by molar-refractivity contribution is 0.0255. The number of aryl methyl sites for hydroxylation is 1. The molecule has 1 saturated heterocycles. The largest absolute Gasteiger partial charge is 0.486 e. The first-order valence-corrected chi connectivity index (χ1v) is 7.82. The fourth-order valence-electron chi connectivity index (χ4n) is 3.18. The molecule has 2 nitrogen and oxygen atoms in total. The topological polar surface area (TPSA) is 35.2 Å². The first kappa shape index (κ1) is 12.4. The number of benzene rings is 1. The van der Waals surface area contributed by atoms with Crippen molar-refractivity contribution in [3.05, 3.63) is 29.3 Å². The van der Waals surface area contributed by atoms with Crippen molar-refractivity contribution in [3.8, 4) is 5.75 Å². The van der Waals surface area contributed by atoms with E-state index in [9.17, 15) is 0 Å². The van der Waals surface area contributed by atoms with Gasteiger partial charge in [-0.05, 0) is 38.5 Å². The molecule has 0 saturated carbocycles. The molecule has 0 bridgehead atoms. The summed E-state index contributed by atoms with van der Waals surface area (Å²) >= 11 is 2.02. The van der Waals surface area contributed by atoms with E-state index in [0.717, 1.165) is 18.6 Å². The van der Waals surface area contributed by atoms with Crippen LogP contribution in [-0.2, 0) is 0 Å². The van der Waals surface area contributed by atoms with Crippen molar-refractivity contribution >= 4 is 11.8 Å². The third-order valence-electron chi connectivity index (χ3n) is 4.30. The van der Waals surface area contributed by atoms with Crippen molar-refractivity contribution < 1.29 is 4.74 Å². The molecule has 2 aliphatic rings. The van der Waals surface area contributed by atoms with Crippen LogP contribution in [-0.4, -0.2) is 16.6 Å². The number of ether oxygens (including phenoxy) is 1. The first-order chi connectivity index (χ1) is 8.61. The van der Waals surface area contributed by atoms with Crippen LogP contribution in [0.4, 0.5) is 0 Å². The summed E-state index contributed by atoms with van der Waals surface area (Å²) in [5.41, 5.74) is 8.80. The second-order valence-electron chi connectivity index (χ2n) is 5.64. The third kappa shape index (κ3) is 1.94. The maximum Gasteiger partial charge on any atom is 0.124 e. The summed E-state index contributed by atoms with van der Waals surface area (Å²) in [6.07, 6.45) is 3.34. The van der Waals surface area contributed by atoms with Crippen LogP contribution >= 0.6 is 11.8 Å². The number of hydrogen-bond donors (Lipinski definition) is 1. The summed E-state index contributed by atoms with van der Waals surface area (Å²) in [5, 5.41) is 0.534. The minimum absolute atomic E-state index is 0.0371. The Kier molecular flexibility index (Phi) is 3.07. The predicted molar refractivity (Wildman–Crippen MR) is 77.2 cm³/mol. The van der Waals surface area contributed by atoms with Gasteiger partial charge in [-0.3, -0.25) is 0 Å². The molecule has 1 spiro atoms. The quantitative estimate of drug-likeness (QED) is 0.779. The molecule has 3 atom stereocenters. The Balaban J connectivity index is 1.98. The Hall–Kier alpha value is -0.670. The lowest BCUT2D eigenvalue weighted by atomic mass is 9.82. The molecule has 0 aromatic heterocycles. The SMILES string of the molecule is Cc1ccc2c(c1)[C@H](N)CC1(CCCSC1C)O2. The molecule has 3 heteroatoms. The van der Waals surface area contributed by atoms with E-state index in [4.69, 9.17) is 10.5 Å². The van der Waals surface area contributed by atoms with Gasteiger partial charge in [-0.1, -0.05) is 17.7 Å². The second-order valence-corrected chi connectivity index (χ2v) is 7.08. The Labute approximate surface area is 113 Å². The van der Waals surface area contributed by atoms with Crippen LogP contribution in [0.1, 0.15) is 43.4 Å². The number of rotatable bonds is 0. The fraction of sp³-hybridized carbons (Fsp3) is 0.600. The Morgan fingerprint density at radius 2 is 2.28 bits per heavy atom. The predicted octanol–water partition coefficient (Wildman–Crippen LogP) is 3.43. The van der Waals surface area contributed by atoms with Crippen LogP contribution in [0.25, 0.3) is 0 Å². The van der Waals surface area contributed by atoms with Gasteiger partial charge in [0.25, 0.3) is 0 Å². The van der Waals surface area contributed by atoms with Gasteiger partial charge in [0.2, 0.25) is 0 Å². The molecule has 1 aromatic carbocycles. The number of hydrogen-bond acceptors (Lipinski definition) is 3. The highest BCUT2D eigenvalue weighted by molar-refractivity contribution is 8.00. The van der Waals surface area contributed by atoms with Crippen molar-refractivity contribution in [2.24, 2.45) is 5.73 Å². The van der Waals surface area contributed by atoms with Gasteiger partial charge in [-0.25, -0.2) is 0 Å². The molecular formula is C15H21NOS. The zero-order chi connectivity index (χ0) is 12.8. The van der Waals surface area contributed by atoms with Crippen molar-refractivity contribution in [1.82, 2.24) is 0 Å². The highest BCUT2D eigenvalue weighted by Crippen LogP contribution is 2.47. The number of thioether (sulfide) groups is 1. The summed E-state index contributed by atoms with van der Waals surface area (Å²) in [6, 6.07) is 6.51. The Bertz CT molecular complexity index is 462. The summed E-state index contributed by atoms with van der Waals surface area (Å²) in [6.45, 7) is 4.40. The number of nitrogens with two attached hydrogens (primary N) is 1. The monoisotopic (exact) mass is 263 g/mol. The van der Waals surface area contributed by atoms with E-state index >= 15 is 0 Å². The highest BCUT2D eigenvalue weighted by atomic mass is 32.2. The second kappa shape index (κ2) is 4.46. The van der Waals surface area contributed by atoms with Gasteiger partial charge in [0.05, 0.1) is 0 Å². The molecule has 0 amide bonds. The molecule has 0 radical (unpaired) electrons. The van der Waals surface area contributed by atoms with Gasteiger partial charge in [-0.2, -0.15) is 11.8 Å². The van der Waals surface area contributed by atoms with E-state index in [1.54, 1.807) is 0 Å². The number of fused-ring (bicyclic) bond motifs is 1. The van der Waals surface area contributed by atoms with Crippen LogP contribution in [0, 0.1) is 6.92 Å². The van der Waals surface area contributed by atoms with E-state index in [-0.39, 0.29) is 11.6 Å². The van der Waals surface area contributed by atoms with Crippen molar-refractivity contribution in [1.29, 1.82) is 0 Å². The Morgan fingerprint density at radius 3 is 3.06 bits per heavy atom. The van der Waals surface area contributed by atoms with Crippen molar-refractivity contribution in [3.63, 3.8) is 0 Å². The van der Waals surface area contributed by atoms with Gasteiger partial charge >= 0.3 is 0 Å². The van der Waals surface area contributed by atoms with Gasteiger partial charge in [0.15, 0.2) is 0 Å². The zero-order valence-electron chi connectivity index (χ0n) is 11.1. The smallest absolute Gasteiger partial charge is 0.124 e. The zero-order valence-corrected chi connectivity index (χ0v) is 11.9. The first-order valence-electron chi connectivity index (χ1n) is 6.77. The Morgan fingerprint density at radius 1 is 1.44 bits per heavy atom. The van der Waals surface area contributed by atoms with E-state index in [2.05, 4.69) is 32.0 Å². The van der Waals surface area contributed by atoms with Gasteiger partial charge in [-0.15, -0.1) is 0 Å². The highest BCUT2D eigenvalue weighted by Gasteiger charge is 2.45. The summed E-state index contributed by atoms with van der Waals surface area (Å²) in [5.74, 6) is 2.26. The average Bonchev–Trinajstić information content (AvgIpc) is 2.34. The fourth-order valence-corrected chi connectivity index (χ4v) is 4.41. The minimum Gasteiger partial charge on any atom is -0.486 e. The maximum absolute atomic E-state index is 6.40. The third-order valence-corrected chi connectivity index (χ3v) is 5.75. The molecule has 2 heterocycles. The average molecular weight is 263 g/mol. The molecule has 3 rings (SSSR count). The van der Waals surface area contributed by atoms with E-state index in [0.29, 0.717) is 5.25 Å². The van der Waals surface area contributed by atoms with Crippen LogP contribution in [0.2, 0.25) is 0 Å². The molecule has 2 N–H and O–H groups in total. The van der Waals surface area contributed by atoms with Crippen molar-refractivity contribution in [2.45, 2.75) is 50.0 Å². The molecule has 1 aromatic rings. The molecule has 2 aliphatic heterocycles. The molecule has 18 heavy (non-hydrogen) atoms. The normalized spacial score (nSPS) is 35.1. The van der Waals surface area contributed by atoms with E-state index in [1.165, 1.54) is 23.3 Å². The summed E-state index contributed by atoms with van der Waals surface area (Å²) in [7, 11) is 0. The van der Waals surface area contributed by atoms with E-state index < -0.39 is 0 Å². The van der Waals surface area contributed by atoms with Gasteiger partial charge in [0, 0.05) is 23.3 Å². The molecule has 98 valence electrons. The molecule has 1 fully saturated rings. The molecular weight excluding hydrogens is 242 g/mol. The van der Waals surface area contributed by atoms with Crippen LogP contribution in [0.3, 0.4) is 0 Å². The van der Waals surface area contributed by atoms with E-state index in [1.807, 2.05) is 11.8 Å². The van der Waals surface area contributed by atoms with Crippen LogP contribution < -0.4 is 10.5 Å². The molecule has 0 aliphatic carbocycles.